The molecule has 0 unspecified atom stereocenters. The Kier molecular flexibility index (Phi) is 3.49. The van der Waals surface area contributed by atoms with E-state index in [4.69, 9.17) is 4.42 Å². The molecule has 0 N–H and O–H groups in total. The summed E-state index contributed by atoms with van der Waals surface area (Å²) >= 11 is 0. The Balaban J connectivity index is 2.44. The largest absolute Gasteiger partial charge is 0.466 e. The quantitative estimate of drug-likeness (QED) is 0.518. The highest BCUT2D eigenvalue weighted by Crippen LogP contribution is 2.10. The molecule has 0 fully saturated rings. The molecule has 0 saturated heterocycles. The summed E-state index contributed by atoms with van der Waals surface area (Å²) in [5.74, 6) is 1.63. The van der Waals surface area contributed by atoms with Crippen LogP contribution < -0.4 is 0 Å². The summed E-state index contributed by atoms with van der Waals surface area (Å²) in [7, 11) is 0. The van der Waals surface area contributed by atoms with E-state index in [1.165, 1.54) is 0 Å². The van der Waals surface area contributed by atoms with Gasteiger partial charge in [-0.25, -0.2) is 0 Å². The van der Waals surface area contributed by atoms with Gasteiger partial charge in [0.05, 0.1) is 6.42 Å². The molecule has 72 valence electrons. The molecule has 0 bridgehead atoms. The van der Waals surface area contributed by atoms with Crippen LogP contribution in [0.25, 0.3) is 0 Å². The van der Waals surface area contributed by atoms with Gasteiger partial charge in [0.25, 0.3) is 0 Å². The van der Waals surface area contributed by atoms with Gasteiger partial charge in [0.1, 0.15) is 11.5 Å². The van der Waals surface area contributed by atoms with Crippen molar-refractivity contribution in [3.63, 3.8) is 0 Å². The topological polar surface area (TPSA) is 56.3 Å². The van der Waals surface area contributed by atoms with Crippen LogP contribution in [0.5, 0.6) is 0 Å². The van der Waals surface area contributed by atoms with Crippen LogP contribution in [0.15, 0.2) is 16.5 Å². The van der Waals surface area contributed by atoms with Crippen molar-refractivity contribution >= 4 is 0 Å². The predicted molar refractivity (Wildman–Crippen MR) is 48.3 cm³/mol. The summed E-state index contributed by atoms with van der Waals surface area (Å²) in [4.78, 5) is 9.74. The maximum atomic E-state index is 10.1. The molecule has 1 aromatic heterocycles. The van der Waals surface area contributed by atoms with Crippen molar-refractivity contribution in [2.75, 3.05) is 6.54 Å². The van der Waals surface area contributed by atoms with E-state index in [-0.39, 0.29) is 11.5 Å². The third-order valence-electron chi connectivity index (χ3n) is 1.75. The lowest BCUT2D eigenvalue weighted by atomic mass is 10.3. The van der Waals surface area contributed by atoms with Crippen LogP contribution in [0.2, 0.25) is 0 Å². The lowest BCUT2D eigenvalue weighted by molar-refractivity contribution is -0.479. The first-order valence-corrected chi connectivity index (χ1v) is 4.41. The molecule has 0 amide bonds. The Hall–Kier alpha value is -1.32. The number of aryl methyl sites for hydroxylation is 1. The molecule has 4 nitrogen and oxygen atoms in total. The number of rotatable bonds is 5. The van der Waals surface area contributed by atoms with Crippen LogP contribution >= 0.6 is 0 Å². The third-order valence-corrected chi connectivity index (χ3v) is 1.75. The van der Waals surface area contributed by atoms with Crippen molar-refractivity contribution in [1.82, 2.24) is 0 Å². The lowest BCUT2D eigenvalue weighted by Gasteiger charge is -1.92. The summed E-state index contributed by atoms with van der Waals surface area (Å²) in [6.45, 7) is 2.01. The van der Waals surface area contributed by atoms with Gasteiger partial charge < -0.3 is 4.42 Å². The Morgan fingerprint density at radius 2 is 2.00 bits per heavy atom. The summed E-state index contributed by atoms with van der Waals surface area (Å²) in [5.41, 5.74) is 0. The molecule has 1 aromatic rings. The minimum atomic E-state index is -0.331. The van der Waals surface area contributed by atoms with Crippen LogP contribution in [0.4, 0.5) is 0 Å². The van der Waals surface area contributed by atoms with Gasteiger partial charge in [-0.3, -0.25) is 10.1 Å². The maximum Gasteiger partial charge on any atom is 0.210 e. The predicted octanol–water partition coefficient (Wildman–Crippen LogP) is 2.05. The lowest BCUT2D eigenvalue weighted by Crippen LogP contribution is -2.02. The molecule has 1 rings (SSSR count). The Morgan fingerprint density at radius 1 is 1.38 bits per heavy atom. The molecular weight excluding hydrogens is 170 g/mol. The molecule has 0 radical (unpaired) electrons. The molecule has 0 aliphatic carbocycles. The Morgan fingerprint density at radius 3 is 2.54 bits per heavy atom. The number of nitro groups is 1. The first-order chi connectivity index (χ1) is 6.22. The Labute approximate surface area is 76.7 Å². The number of hydrogen-bond donors (Lipinski definition) is 0. The second kappa shape index (κ2) is 4.64. The minimum absolute atomic E-state index is 0.0565. The molecule has 4 heteroatoms. The Bertz CT molecular complexity index is 280. The average molecular weight is 183 g/mol. The highest BCUT2D eigenvalue weighted by molar-refractivity contribution is 5.07. The molecule has 0 aromatic carbocycles. The molecule has 0 atom stereocenters. The van der Waals surface area contributed by atoms with Gasteiger partial charge in [0.2, 0.25) is 6.54 Å². The average Bonchev–Trinajstić information content (AvgIpc) is 2.50. The highest BCUT2D eigenvalue weighted by Gasteiger charge is 2.04. The fraction of sp³-hybridized carbons (Fsp3) is 0.556. The fourth-order valence-corrected chi connectivity index (χ4v) is 1.14. The third kappa shape index (κ3) is 3.27. The summed E-state index contributed by atoms with van der Waals surface area (Å²) in [5, 5.41) is 10.1. The number of nitrogens with zero attached hydrogens (tertiary/aromatic N) is 1. The number of hydrogen-bond acceptors (Lipinski definition) is 3. The zero-order chi connectivity index (χ0) is 9.68. The molecule has 0 spiro atoms. The van der Waals surface area contributed by atoms with Gasteiger partial charge in [-0.05, 0) is 18.6 Å². The van der Waals surface area contributed by atoms with E-state index in [1.54, 1.807) is 0 Å². The fourth-order valence-electron chi connectivity index (χ4n) is 1.14. The van der Waals surface area contributed by atoms with Gasteiger partial charge >= 0.3 is 0 Å². The minimum Gasteiger partial charge on any atom is -0.466 e. The van der Waals surface area contributed by atoms with Crippen molar-refractivity contribution in [3.8, 4) is 0 Å². The highest BCUT2D eigenvalue weighted by atomic mass is 16.6. The van der Waals surface area contributed by atoms with E-state index in [0.29, 0.717) is 12.2 Å². The van der Waals surface area contributed by atoms with Crippen molar-refractivity contribution in [3.05, 3.63) is 33.8 Å². The van der Waals surface area contributed by atoms with E-state index in [9.17, 15) is 10.1 Å². The van der Waals surface area contributed by atoms with Crippen molar-refractivity contribution < 1.29 is 9.34 Å². The van der Waals surface area contributed by atoms with E-state index in [0.717, 1.165) is 18.6 Å². The zero-order valence-corrected chi connectivity index (χ0v) is 7.66. The second-order valence-corrected chi connectivity index (χ2v) is 2.92. The van der Waals surface area contributed by atoms with Crippen LogP contribution in [-0.2, 0) is 12.8 Å². The van der Waals surface area contributed by atoms with Gasteiger partial charge in [-0.1, -0.05) is 6.92 Å². The SMILES string of the molecule is CCCc1ccc(CC[N+](=O)[O-])o1. The molecule has 0 aliphatic heterocycles. The van der Waals surface area contributed by atoms with Gasteiger partial charge in [-0.15, -0.1) is 0 Å². The smallest absolute Gasteiger partial charge is 0.210 e. The van der Waals surface area contributed by atoms with E-state index >= 15 is 0 Å². The van der Waals surface area contributed by atoms with Gasteiger partial charge in [0, 0.05) is 11.3 Å². The molecule has 13 heavy (non-hydrogen) atoms. The zero-order valence-electron chi connectivity index (χ0n) is 7.66. The molecule has 0 aliphatic rings. The van der Waals surface area contributed by atoms with Crippen LogP contribution in [0.3, 0.4) is 0 Å². The van der Waals surface area contributed by atoms with Gasteiger partial charge in [-0.2, -0.15) is 0 Å². The first-order valence-electron chi connectivity index (χ1n) is 4.41. The van der Waals surface area contributed by atoms with E-state index in [1.807, 2.05) is 12.1 Å². The van der Waals surface area contributed by atoms with Gasteiger partial charge in [0.15, 0.2) is 0 Å². The van der Waals surface area contributed by atoms with Crippen LogP contribution in [-0.4, -0.2) is 11.5 Å². The first kappa shape index (κ1) is 9.77. The molecule has 0 saturated carbocycles. The van der Waals surface area contributed by atoms with Crippen LogP contribution in [0, 0.1) is 10.1 Å². The van der Waals surface area contributed by atoms with E-state index < -0.39 is 0 Å². The van der Waals surface area contributed by atoms with Crippen molar-refractivity contribution in [2.24, 2.45) is 0 Å². The van der Waals surface area contributed by atoms with E-state index in [2.05, 4.69) is 6.92 Å². The van der Waals surface area contributed by atoms with Crippen molar-refractivity contribution in [1.29, 1.82) is 0 Å². The normalized spacial score (nSPS) is 10.2. The van der Waals surface area contributed by atoms with Crippen molar-refractivity contribution in [2.45, 2.75) is 26.2 Å². The summed E-state index contributed by atoms with van der Waals surface area (Å²) < 4.78 is 5.37. The molecule has 1 heterocycles. The summed E-state index contributed by atoms with van der Waals surface area (Å²) in [6, 6.07) is 3.70. The maximum absolute atomic E-state index is 10.1. The number of furan rings is 1. The standard InChI is InChI=1S/C9H13NO3/c1-2-3-8-4-5-9(13-8)6-7-10(11)12/h4-5H,2-3,6-7H2,1H3. The summed E-state index contributed by atoms with van der Waals surface area (Å²) in [6.07, 6.45) is 2.32. The monoisotopic (exact) mass is 183 g/mol. The molecular formula is C9H13NO3. The van der Waals surface area contributed by atoms with Crippen LogP contribution in [0.1, 0.15) is 24.9 Å². The second-order valence-electron chi connectivity index (χ2n) is 2.92.